The lowest BCUT2D eigenvalue weighted by molar-refractivity contribution is 0.203. The molecular weight excluding hydrogens is 232 g/mol. The van der Waals surface area contributed by atoms with Crippen LogP contribution in [0.15, 0.2) is 6.20 Å². The number of rotatable bonds is 6. The van der Waals surface area contributed by atoms with Gasteiger partial charge in [0.05, 0.1) is 11.0 Å². The molecule has 1 aromatic heterocycles. The first-order valence-corrected chi connectivity index (χ1v) is 7.43. The normalized spacial score (nSPS) is 21.5. The molecule has 0 radical (unpaired) electrons. The summed E-state index contributed by atoms with van der Waals surface area (Å²) in [7, 11) is 0. The lowest BCUT2D eigenvalue weighted by atomic mass is 10.3. The smallest absolute Gasteiger partial charge is 0.185 e. The first kappa shape index (κ1) is 11.5. The molecule has 1 unspecified atom stereocenters. The predicted molar refractivity (Wildman–Crippen MR) is 70.4 cm³/mol. The molecule has 4 heteroatoms. The quantitative estimate of drug-likeness (QED) is 0.845. The molecule has 0 saturated heterocycles. The average Bonchev–Trinajstić information content (AvgIpc) is 3.21. The highest BCUT2D eigenvalue weighted by molar-refractivity contribution is 7.15. The van der Waals surface area contributed by atoms with Crippen LogP contribution < -0.4 is 4.90 Å². The van der Waals surface area contributed by atoms with Crippen molar-refractivity contribution in [3.8, 4) is 0 Å². The number of aliphatic hydroxyl groups excluding tert-OH is 1. The average molecular weight is 252 g/mol. The lowest BCUT2D eigenvalue weighted by Gasteiger charge is -2.21. The van der Waals surface area contributed by atoms with Gasteiger partial charge in [-0.3, -0.25) is 0 Å². The third kappa shape index (κ3) is 2.99. The molecule has 2 aliphatic carbocycles. The van der Waals surface area contributed by atoms with Crippen LogP contribution in [0.2, 0.25) is 0 Å². The summed E-state index contributed by atoms with van der Waals surface area (Å²) >= 11 is 1.65. The highest BCUT2D eigenvalue weighted by atomic mass is 32.1. The number of nitrogens with zero attached hydrogens (tertiary/aromatic N) is 2. The fourth-order valence-corrected chi connectivity index (χ4v) is 2.94. The van der Waals surface area contributed by atoms with E-state index in [4.69, 9.17) is 0 Å². The fraction of sp³-hybridized carbons (Fsp3) is 0.769. The summed E-state index contributed by atoms with van der Waals surface area (Å²) in [6.45, 7) is 4.15. The molecule has 2 saturated carbocycles. The summed E-state index contributed by atoms with van der Waals surface area (Å²) < 4.78 is 0. The van der Waals surface area contributed by atoms with Crippen LogP contribution in [0.4, 0.5) is 5.13 Å². The van der Waals surface area contributed by atoms with Crippen molar-refractivity contribution in [3.05, 3.63) is 11.1 Å². The van der Waals surface area contributed by atoms with Gasteiger partial charge in [-0.1, -0.05) is 11.3 Å². The van der Waals surface area contributed by atoms with Gasteiger partial charge in [0.25, 0.3) is 0 Å². The van der Waals surface area contributed by atoms with E-state index in [1.165, 1.54) is 38.8 Å². The van der Waals surface area contributed by atoms with E-state index < -0.39 is 0 Å². The molecule has 2 aliphatic rings. The van der Waals surface area contributed by atoms with Crippen LogP contribution in [0.25, 0.3) is 0 Å². The van der Waals surface area contributed by atoms with Crippen LogP contribution in [0.5, 0.6) is 0 Å². The van der Waals surface area contributed by atoms with E-state index in [0.29, 0.717) is 0 Å². The van der Waals surface area contributed by atoms with E-state index in [2.05, 4.69) is 9.88 Å². The number of hydrogen-bond donors (Lipinski definition) is 1. The van der Waals surface area contributed by atoms with Crippen LogP contribution in [0, 0.1) is 11.8 Å². The minimum absolute atomic E-state index is 0.384. The first-order chi connectivity index (χ1) is 8.22. The van der Waals surface area contributed by atoms with Crippen molar-refractivity contribution in [2.75, 3.05) is 18.0 Å². The summed E-state index contributed by atoms with van der Waals surface area (Å²) in [6, 6.07) is 0. The van der Waals surface area contributed by atoms with Crippen LogP contribution in [0.3, 0.4) is 0 Å². The molecule has 0 aromatic carbocycles. The lowest BCUT2D eigenvalue weighted by Crippen LogP contribution is -2.27. The van der Waals surface area contributed by atoms with Crippen LogP contribution >= 0.6 is 11.3 Å². The van der Waals surface area contributed by atoms with Gasteiger partial charge in [-0.15, -0.1) is 0 Å². The Morgan fingerprint density at radius 2 is 1.94 bits per heavy atom. The van der Waals surface area contributed by atoms with E-state index in [1.807, 2.05) is 13.1 Å². The van der Waals surface area contributed by atoms with Crippen LogP contribution in [-0.4, -0.2) is 23.2 Å². The zero-order valence-corrected chi connectivity index (χ0v) is 11.1. The molecule has 17 heavy (non-hydrogen) atoms. The third-order valence-electron chi connectivity index (χ3n) is 3.54. The third-order valence-corrected chi connectivity index (χ3v) is 4.77. The monoisotopic (exact) mass is 252 g/mol. The Morgan fingerprint density at radius 3 is 2.35 bits per heavy atom. The van der Waals surface area contributed by atoms with E-state index in [1.54, 1.807) is 11.3 Å². The second kappa shape index (κ2) is 4.58. The standard InChI is InChI=1S/C13H20N2OS/c1-9(16)12-6-14-13(17-12)15(7-10-2-3-10)8-11-4-5-11/h6,9-11,16H,2-5,7-8H2,1H3. The van der Waals surface area contributed by atoms with Crippen molar-refractivity contribution in [3.63, 3.8) is 0 Å². The van der Waals surface area contributed by atoms with E-state index >= 15 is 0 Å². The van der Waals surface area contributed by atoms with E-state index in [-0.39, 0.29) is 6.10 Å². The zero-order chi connectivity index (χ0) is 11.8. The molecule has 1 aromatic rings. The number of hydrogen-bond acceptors (Lipinski definition) is 4. The Hall–Kier alpha value is -0.610. The number of aliphatic hydroxyl groups is 1. The molecule has 0 aliphatic heterocycles. The first-order valence-electron chi connectivity index (χ1n) is 6.61. The summed E-state index contributed by atoms with van der Waals surface area (Å²) in [4.78, 5) is 7.92. The minimum Gasteiger partial charge on any atom is -0.388 e. The van der Waals surface area contributed by atoms with Gasteiger partial charge in [-0.05, 0) is 44.4 Å². The number of anilines is 1. The number of thiazole rings is 1. The zero-order valence-electron chi connectivity index (χ0n) is 10.3. The summed E-state index contributed by atoms with van der Waals surface area (Å²) in [6.07, 6.45) is 6.99. The SMILES string of the molecule is CC(O)c1cnc(N(CC2CC2)CC2CC2)s1. The molecule has 0 spiro atoms. The van der Waals surface area contributed by atoms with Crippen molar-refractivity contribution in [2.45, 2.75) is 38.7 Å². The van der Waals surface area contributed by atoms with Gasteiger partial charge in [0.15, 0.2) is 5.13 Å². The van der Waals surface area contributed by atoms with Crippen molar-refractivity contribution < 1.29 is 5.11 Å². The van der Waals surface area contributed by atoms with Gasteiger partial charge < -0.3 is 10.0 Å². The Kier molecular flexibility index (Phi) is 3.09. The Bertz CT molecular complexity index is 369. The molecule has 0 bridgehead atoms. The summed E-state index contributed by atoms with van der Waals surface area (Å²) in [5, 5.41) is 10.7. The Labute approximate surface area is 106 Å². The molecule has 2 fully saturated rings. The van der Waals surface area contributed by atoms with Crippen molar-refractivity contribution >= 4 is 16.5 Å². The highest BCUT2D eigenvalue weighted by Gasteiger charge is 2.30. The topological polar surface area (TPSA) is 36.4 Å². The van der Waals surface area contributed by atoms with Gasteiger partial charge in [-0.2, -0.15) is 0 Å². The van der Waals surface area contributed by atoms with Crippen LogP contribution in [0.1, 0.15) is 43.6 Å². The van der Waals surface area contributed by atoms with E-state index in [0.717, 1.165) is 21.8 Å². The Morgan fingerprint density at radius 1 is 1.35 bits per heavy atom. The minimum atomic E-state index is -0.384. The largest absolute Gasteiger partial charge is 0.388 e. The summed E-state index contributed by atoms with van der Waals surface area (Å²) in [5.41, 5.74) is 0. The number of aromatic nitrogens is 1. The van der Waals surface area contributed by atoms with Gasteiger partial charge in [-0.25, -0.2) is 4.98 Å². The molecule has 3 rings (SSSR count). The van der Waals surface area contributed by atoms with Gasteiger partial charge in [0.1, 0.15) is 0 Å². The second-order valence-electron chi connectivity index (χ2n) is 5.51. The van der Waals surface area contributed by atoms with Gasteiger partial charge in [0, 0.05) is 19.3 Å². The van der Waals surface area contributed by atoms with E-state index in [9.17, 15) is 5.11 Å². The molecule has 94 valence electrons. The van der Waals surface area contributed by atoms with Gasteiger partial charge >= 0.3 is 0 Å². The maximum Gasteiger partial charge on any atom is 0.185 e. The molecule has 0 amide bonds. The maximum absolute atomic E-state index is 9.56. The Balaban J connectivity index is 1.69. The van der Waals surface area contributed by atoms with Gasteiger partial charge in [0.2, 0.25) is 0 Å². The predicted octanol–water partition coefficient (Wildman–Crippen LogP) is 2.82. The van der Waals surface area contributed by atoms with Crippen molar-refractivity contribution in [1.82, 2.24) is 4.98 Å². The van der Waals surface area contributed by atoms with Crippen molar-refractivity contribution in [2.24, 2.45) is 11.8 Å². The second-order valence-corrected chi connectivity index (χ2v) is 6.55. The molecule has 1 heterocycles. The van der Waals surface area contributed by atoms with Crippen molar-refractivity contribution in [1.29, 1.82) is 0 Å². The molecule has 3 nitrogen and oxygen atoms in total. The maximum atomic E-state index is 9.56. The molecular formula is C13H20N2OS. The highest BCUT2D eigenvalue weighted by Crippen LogP contribution is 2.37. The fourth-order valence-electron chi connectivity index (χ4n) is 2.07. The molecule has 1 N–H and O–H groups in total. The van der Waals surface area contributed by atoms with Crippen LogP contribution in [-0.2, 0) is 0 Å². The summed E-state index contributed by atoms with van der Waals surface area (Å²) in [5.74, 6) is 1.79. The molecule has 1 atom stereocenters.